The summed E-state index contributed by atoms with van der Waals surface area (Å²) in [7, 11) is 0. The highest BCUT2D eigenvalue weighted by Crippen LogP contribution is 2.22. The van der Waals surface area contributed by atoms with Crippen LogP contribution in [0.25, 0.3) is 0 Å². The van der Waals surface area contributed by atoms with Gasteiger partial charge in [0.25, 0.3) is 5.91 Å². The van der Waals surface area contributed by atoms with Crippen molar-refractivity contribution in [1.82, 2.24) is 10.7 Å². The van der Waals surface area contributed by atoms with Gasteiger partial charge in [0.2, 0.25) is 0 Å². The molecule has 1 aliphatic heterocycles. The van der Waals surface area contributed by atoms with Crippen molar-refractivity contribution in [3.63, 3.8) is 0 Å². The number of aryl methyl sites for hydroxylation is 1. The minimum atomic E-state index is -0.890. The maximum atomic E-state index is 12.2. The van der Waals surface area contributed by atoms with Crippen LogP contribution in [-0.4, -0.2) is 49.8 Å². The number of rotatable bonds is 8. The van der Waals surface area contributed by atoms with Gasteiger partial charge in [0.15, 0.2) is 6.61 Å². The van der Waals surface area contributed by atoms with E-state index < -0.39 is 11.8 Å². The first kappa shape index (κ1) is 24.4. The number of hydrogen-bond acceptors (Lipinski definition) is 6. The third-order valence-electron chi connectivity index (χ3n) is 4.76. The van der Waals surface area contributed by atoms with E-state index in [1.165, 1.54) is 6.21 Å². The number of anilines is 1. The molecular formula is C23H25BrN4O5. The zero-order chi connectivity index (χ0) is 23.6. The molecule has 3 N–H and O–H groups in total. The summed E-state index contributed by atoms with van der Waals surface area (Å²) in [5.41, 5.74) is 4.46. The summed E-state index contributed by atoms with van der Waals surface area (Å²) in [6.45, 7) is 2.70. The number of hydrogen-bond donors (Lipinski definition) is 3. The molecule has 0 bridgehead atoms. The number of nitrogens with zero attached hydrogens (tertiary/aromatic N) is 1. The van der Waals surface area contributed by atoms with Crippen LogP contribution in [0.2, 0.25) is 0 Å². The van der Waals surface area contributed by atoms with Crippen molar-refractivity contribution >= 4 is 45.6 Å². The van der Waals surface area contributed by atoms with Gasteiger partial charge in [0, 0.05) is 28.9 Å². The Morgan fingerprint density at radius 2 is 1.97 bits per heavy atom. The van der Waals surface area contributed by atoms with Gasteiger partial charge in [-0.05, 0) is 50.1 Å². The SMILES string of the molecule is Cc1ccc(NC(=O)COc2ccc(Br)cc2/C=N\NC(=O)C(=O)NC[C@H]2CCCO2)cc1. The van der Waals surface area contributed by atoms with Crippen LogP contribution in [0.5, 0.6) is 5.75 Å². The molecule has 0 radical (unpaired) electrons. The average Bonchev–Trinajstić information content (AvgIpc) is 3.32. The molecule has 3 rings (SSSR count). The number of amides is 3. The fourth-order valence-corrected chi connectivity index (χ4v) is 3.41. The second kappa shape index (κ2) is 12.1. The molecule has 1 heterocycles. The molecular weight excluding hydrogens is 492 g/mol. The first-order chi connectivity index (χ1) is 15.9. The molecule has 0 aliphatic carbocycles. The van der Waals surface area contributed by atoms with E-state index in [1.54, 1.807) is 18.2 Å². The van der Waals surface area contributed by atoms with E-state index in [4.69, 9.17) is 9.47 Å². The summed E-state index contributed by atoms with van der Waals surface area (Å²) in [5, 5.41) is 9.11. The van der Waals surface area contributed by atoms with E-state index in [0.29, 0.717) is 23.6 Å². The van der Waals surface area contributed by atoms with Gasteiger partial charge in [-0.15, -0.1) is 0 Å². The normalized spacial score (nSPS) is 15.3. The molecule has 10 heteroatoms. The van der Waals surface area contributed by atoms with Crippen molar-refractivity contribution in [2.24, 2.45) is 5.10 Å². The van der Waals surface area contributed by atoms with Crippen LogP contribution in [0, 0.1) is 6.92 Å². The minimum absolute atomic E-state index is 0.0603. The molecule has 3 amide bonds. The number of ether oxygens (including phenoxy) is 2. The summed E-state index contributed by atoms with van der Waals surface area (Å²) < 4.78 is 11.8. The molecule has 2 aromatic carbocycles. The Morgan fingerprint density at radius 1 is 1.18 bits per heavy atom. The number of nitrogens with one attached hydrogen (secondary N) is 3. The van der Waals surface area contributed by atoms with E-state index in [9.17, 15) is 14.4 Å². The number of halogens is 1. The van der Waals surface area contributed by atoms with Gasteiger partial charge in [-0.3, -0.25) is 14.4 Å². The Balaban J connectivity index is 1.51. The van der Waals surface area contributed by atoms with E-state index in [1.807, 2.05) is 31.2 Å². The van der Waals surface area contributed by atoms with Gasteiger partial charge in [0.05, 0.1) is 12.3 Å². The third-order valence-corrected chi connectivity index (χ3v) is 5.25. The quantitative estimate of drug-likeness (QED) is 0.283. The molecule has 33 heavy (non-hydrogen) atoms. The van der Waals surface area contributed by atoms with Crippen LogP contribution in [0.4, 0.5) is 5.69 Å². The second-order valence-electron chi connectivity index (χ2n) is 7.43. The number of carbonyl (C=O) groups excluding carboxylic acids is 3. The molecule has 0 spiro atoms. The van der Waals surface area contributed by atoms with Crippen LogP contribution >= 0.6 is 15.9 Å². The van der Waals surface area contributed by atoms with Crippen molar-refractivity contribution < 1.29 is 23.9 Å². The monoisotopic (exact) mass is 516 g/mol. The Bertz CT molecular complexity index is 1020. The van der Waals surface area contributed by atoms with Crippen LogP contribution < -0.4 is 20.8 Å². The molecule has 174 valence electrons. The zero-order valence-corrected chi connectivity index (χ0v) is 19.7. The summed E-state index contributed by atoms with van der Waals surface area (Å²) >= 11 is 3.36. The summed E-state index contributed by atoms with van der Waals surface area (Å²) in [4.78, 5) is 36.0. The number of carbonyl (C=O) groups is 3. The lowest BCUT2D eigenvalue weighted by Crippen LogP contribution is -2.41. The predicted octanol–water partition coefficient (Wildman–Crippen LogP) is 2.52. The molecule has 1 saturated heterocycles. The van der Waals surface area contributed by atoms with Crippen molar-refractivity contribution in [1.29, 1.82) is 0 Å². The maximum Gasteiger partial charge on any atom is 0.329 e. The largest absolute Gasteiger partial charge is 0.483 e. The lowest BCUT2D eigenvalue weighted by atomic mass is 10.2. The molecule has 1 fully saturated rings. The molecule has 0 unspecified atom stereocenters. The molecule has 0 aromatic heterocycles. The Labute approximate surface area is 200 Å². The van der Waals surface area contributed by atoms with Crippen LogP contribution in [-0.2, 0) is 19.1 Å². The maximum absolute atomic E-state index is 12.2. The lowest BCUT2D eigenvalue weighted by Gasteiger charge is -2.11. The smallest absolute Gasteiger partial charge is 0.329 e. The summed E-state index contributed by atoms with van der Waals surface area (Å²) in [6, 6.07) is 12.5. The minimum Gasteiger partial charge on any atom is -0.483 e. The van der Waals surface area contributed by atoms with Crippen molar-refractivity contribution in [2.45, 2.75) is 25.9 Å². The van der Waals surface area contributed by atoms with Crippen LogP contribution in [0.15, 0.2) is 52.0 Å². The summed E-state index contributed by atoms with van der Waals surface area (Å²) in [6.07, 6.45) is 3.08. The van der Waals surface area contributed by atoms with Gasteiger partial charge < -0.3 is 20.1 Å². The van der Waals surface area contributed by atoms with Crippen molar-refractivity contribution in [3.8, 4) is 5.75 Å². The van der Waals surface area contributed by atoms with Crippen LogP contribution in [0.3, 0.4) is 0 Å². The fourth-order valence-electron chi connectivity index (χ4n) is 3.03. The highest BCUT2D eigenvalue weighted by atomic mass is 79.9. The second-order valence-corrected chi connectivity index (χ2v) is 8.34. The molecule has 2 aromatic rings. The van der Waals surface area contributed by atoms with Gasteiger partial charge in [-0.2, -0.15) is 5.10 Å². The zero-order valence-electron chi connectivity index (χ0n) is 18.1. The van der Waals surface area contributed by atoms with E-state index >= 15 is 0 Å². The van der Waals surface area contributed by atoms with E-state index in [-0.39, 0.29) is 25.2 Å². The molecule has 1 atom stereocenters. The Hall–Kier alpha value is -3.24. The van der Waals surface area contributed by atoms with E-state index in [0.717, 1.165) is 22.9 Å². The van der Waals surface area contributed by atoms with Gasteiger partial charge in [-0.1, -0.05) is 33.6 Å². The van der Waals surface area contributed by atoms with Gasteiger partial charge >= 0.3 is 11.8 Å². The third kappa shape index (κ3) is 7.99. The van der Waals surface area contributed by atoms with E-state index in [2.05, 4.69) is 37.1 Å². The lowest BCUT2D eigenvalue weighted by molar-refractivity contribution is -0.139. The first-order valence-corrected chi connectivity index (χ1v) is 11.2. The predicted molar refractivity (Wildman–Crippen MR) is 127 cm³/mol. The van der Waals surface area contributed by atoms with Crippen molar-refractivity contribution in [3.05, 3.63) is 58.1 Å². The molecule has 9 nitrogen and oxygen atoms in total. The first-order valence-electron chi connectivity index (χ1n) is 10.4. The highest BCUT2D eigenvalue weighted by Gasteiger charge is 2.19. The Kier molecular flexibility index (Phi) is 8.96. The standard InChI is InChI=1S/C23H25BrN4O5/c1-15-4-7-18(8-5-15)27-21(29)14-33-20-9-6-17(24)11-16(20)12-26-28-23(31)22(30)25-13-19-3-2-10-32-19/h4-9,11-12,19H,2-3,10,13-14H2,1H3,(H,25,30)(H,27,29)(H,28,31)/b26-12-/t19-/m1/s1. The topological polar surface area (TPSA) is 118 Å². The van der Waals surface area contributed by atoms with Gasteiger partial charge in [0.1, 0.15) is 5.75 Å². The Morgan fingerprint density at radius 3 is 2.70 bits per heavy atom. The fraction of sp³-hybridized carbons (Fsp3) is 0.304. The van der Waals surface area contributed by atoms with Crippen LogP contribution in [0.1, 0.15) is 24.0 Å². The molecule has 0 saturated carbocycles. The van der Waals surface area contributed by atoms with Crippen molar-refractivity contribution in [2.75, 3.05) is 25.1 Å². The average molecular weight is 517 g/mol. The van der Waals surface area contributed by atoms with Gasteiger partial charge in [-0.25, -0.2) is 5.43 Å². The summed E-state index contributed by atoms with van der Waals surface area (Å²) in [5.74, 6) is -1.61. The number of benzene rings is 2. The molecule has 1 aliphatic rings. The number of hydrazone groups is 1. The highest BCUT2D eigenvalue weighted by molar-refractivity contribution is 9.10.